The van der Waals surface area contributed by atoms with Gasteiger partial charge >= 0.3 is 5.97 Å². The molecule has 1 aliphatic rings. The summed E-state index contributed by atoms with van der Waals surface area (Å²) in [6, 6.07) is 6.52. The Hall–Kier alpha value is -1.42. The number of hydrogen-bond acceptors (Lipinski definition) is 3. The van der Waals surface area contributed by atoms with Gasteiger partial charge in [0.15, 0.2) is 0 Å². The predicted octanol–water partition coefficient (Wildman–Crippen LogP) is 2.26. The summed E-state index contributed by atoms with van der Waals surface area (Å²) in [5, 5.41) is 3.19. The molecule has 4 heteroatoms. The highest BCUT2D eigenvalue weighted by Gasteiger charge is 2.30. The van der Waals surface area contributed by atoms with Crippen molar-refractivity contribution in [3.05, 3.63) is 35.6 Å². The molecule has 0 bridgehead atoms. The first-order chi connectivity index (χ1) is 8.75. The highest BCUT2D eigenvalue weighted by Crippen LogP contribution is 2.29. The first kappa shape index (κ1) is 13.0. The SMILES string of the molecule is O=C(OCCCNCc1cccc(F)c1)C1CC1. The number of benzene rings is 1. The Kier molecular flexibility index (Phi) is 4.70. The summed E-state index contributed by atoms with van der Waals surface area (Å²) < 4.78 is 18.0. The molecule has 0 radical (unpaired) electrons. The van der Waals surface area contributed by atoms with E-state index in [1.807, 2.05) is 6.07 Å². The molecule has 0 spiro atoms. The van der Waals surface area contributed by atoms with E-state index in [0.29, 0.717) is 13.2 Å². The van der Waals surface area contributed by atoms with Gasteiger partial charge in [-0.2, -0.15) is 0 Å². The Morgan fingerprint density at radius 2 is 2.28 bits per heavy atom. The molecule has 1 N–H and O–H groups in total. The number of hydrogen-bond donors (Lipinski definition) is 1. The topological polar surface area (TPSA) is 38.3 Å². The third kappa shape index (κ3) is 4.45. The van der Waals surface area contributed by atoms with E-state index in [1.54, 1.807) is 6.07 Å². The Morgan fingerprint density at radius 1 is 1.44 bits per heavy atom. The molecule has 0 aliphatic heterocycles. The summed E-state index contributed by atoms with van der Waals surface area (Å²) in [4.78, 5) is 11.2. The van der Waals surface area contributed by atoms with E-state index >= 15 is 0 Å². The molecule has 1 aromatic carbocycles. The normalized spacial score (nSPS) is 14.5. The molecular weight excluding hydrogens is 233 g/mol. The van der Waals surface area contributed by atoms with E-state index < -0.39 is 0 Å². The van der Waals surface area contributed by atoms with Gasteiger partial charge in [0.05, 0.1) is 12.5 Å². The summed E-state index contributed by atoms with van der Waals surface area (Å²) in [6.45, 7) is 1.86. The second-order valence-electron chi connectivity index (χ2n) is 4.60. The maximum Gasteiger partial charge on any atom is 0.308 e. The van der Waals surface area contributed by atoms with Crippen molar-refractivity contribution in [2.24, 2.45) is 5.92 Å². The maximum atomic E-state index is 12.9. The van der Waals surface area contributed by atoms with Crippen LogP contribution in [-0.4, -0.2) is 19.1 Å². The van der Waals surface area contributed by atoms with Crippen LogP contribution in [0.2, 0.25) is 0 Å². The van der Waals surface area contributed by atoms with Crippen molar-refractivity contribution >= 4 is 5.97 Å². The van der Waals surface area contributed by atoms with Crippen LogP contribution in [0.15, 0.2) is 24.3 Å². The molecule has 2 rings (SSSR count). The minimum absolute atomic E-state index is 0.0554. The average molecular weight is 251 g/mol. The van der Waals surface area contributed by atoms with Crippen molar-refractivity contribution in [1.29, 1.82) is 0 Å². The van der Waals surface area contributed by atoms with E-state index in [4.69, 9.17) is 4.74 Å². The van der Waals surface area contributed by atoms with Crippen molar-refractivity contribution in [3.8, 4) is 0 Å². The third-order valence-electron chi connectivity index (χ3n) is 2.87. The van der Waals surface area contributed by atoms with E-state index in [9.17, 15) is 9.18 Å². The molecule has 0 atom stereocenters. The van der Waals surface area contributed by atoms with Crippen LogP contribution in [0.4, 0.5) is 4.39 Å². The molecule has 18 heavy (non-hydrogen) atoms. The van der Waals surface area contributed by atoms with Gasteiger partial charge in [-0.15, -0.1) is 0 Å². The van der Waals surface area contributed by atoms with E-state index in [0.717, 1.165) is 31.4 Å². The van der Waals surface area contributed by atoms with Crippen molar-refractivity contribution in [1.82, 2.24) is 5.32 Å². The van der Waals surface area contributed by atoms with Crippen LogP contribution in [0, 0.1) is 11.7 Å². The predicted molar refractivity (Wildman–Crippen MR) is 66.4 cm³/mol. The zero-order valence-corrected chi connectivity index (χ0v) is 10.3. The lowest BCUT2D eigenvalue weighted by Crippen LogP contribution is -2.17. The molecule has 0 unspecified atom stereocenters. The molecule has 98 valence electrons. The third-order valence-corrected chi connectivity index (χ3v) is 2.87. The van der Waals surface area contributed by atoms with Crippen LogP contribution in [-0.2, 0) is 16.1 Å². The van der Waals surface area contributed by atoms with Gasteiger partial charge < -0.3 is 10.1 Å². The van der Waals surface area contributed by atoms with Gasteiger partial charge in [-0.25, -0.2) is 4.39 Å². The molecule has 1 saturated carbocycles. The number of nitrogens with one attached hydrogen (secondary N) is 1. The van der Waals surface area contributed by atoms with Gasteiger partial charge in [0.1, 0.15) is 5.82 Å². The van der Waals surface area contributed by atoms with Gasteiger partial charge in [-0.1, -0.05) is 12.1 Å². The number of ether oxygens (including phenoxy) is 1. The zero-order valence-electron chi connectivity index (χ0n) is 10.3. The van der Waals surface area contributed by atoms with Crippen molar-refractivity contribution in [2.45, 2.75) is 25.8 Å². The lowest BCUT2D eigenvalue weighted by Gasteiger charge is -2.06. The van der Waals surface area contributed by atoms with Crippen LogP contribution in [0.1, 0.15) is 24.8 Å². The van der Waals surface area contributed by atoms with Gasteiger partial charge in [0, 0.05) is 6.54 Å². The fraction of sp³-hybridized carbons (Fsp3) is 0.500. The fourth-order valence-corrected chi connectivity index (χ4v) is 1.69. The van der Waals surface area contributed by atoms with Crippen molar-refractivity contribution < 1.29 is 13.9 Å². The number of halogens is 1. The lowest BCUT2D eigenvalue weighted by molar-refractivity contribution is -0.145. The quantitative estimate of drug-likeness (QED) is 0.596. The van der Waals surface area contributed by atoms with Crippen LogP contribution < -0.4 is 5.32 Å². The standard InChI is InChI=1S/C14H18FNO2/c15-13-4-1-3-11(9-13)10-16-7-2-8-18-14(17)12-5-6-12/h1,3-4,9,12,16H,2,5-8,10H2. The minimum Gasteiger partial charge on any atom is -0.465 e. The maximum absolute atomic E-state index is 12.9. The summed E-state index contributed by atoms with van der Waals surface area (Å²) in [7, 11) is 0. The Morgan fingerprint density at radius 3 is 3.00 bits per heavy atom. The van der Waals surface area contributed by atoms with Crippen molar-refractivity contribution in [3.63, 3.8) is 0 Å². The van der Waals surface area contributed by atoms with Crippen LogP contribution in [0.25, 0.3) is 0 Å². The number of carbonyl (C=O) groups excluding carboxylic acids is 1. The largest absolute Gasteiger partial charge is 0.465 e. The average Bonchev–Trinajstić information content (AvgIpc) is 3.17. The Labute approximate surface area is 106 Å². The molecule has 1 fully saturated rings. The molecule has 0 aromatic heterocycles. The van der Waals surface area contributed by atoms with Crippen LogP contribution >= 0.6 is 0 Å². The van der Waals surface area contributed by atoms with E-state index in [2.05, 4.69) is 5.32 Å². The summed E-state index contributed by atoms with van der Waals surface area (Å²) >= 11 is 0. The van der Waals surface area contributed by atoms with E-state index in [-0.39, 0.29) is 17.7 Å². The molecule has 1 aliphatic carbocycles. The smallest absolute Gasteiger partial charge is 0.308 e. The summed E-state index contributed by atoms with van der Waals surface area (Å²) in [5.74, 6) is -0.0990. The number of carbonyl (C=O) groups is 1. The van der Waals surface area contributed by atoms with Gasteiger partial charge in [-0.05, 0) is 43.5 Å². The molecule has 3 nitrogen and oxygen atoms in total. The fourth-order valence-electron chi connectivity index (χ4n) is 1.69. The highest BCUT2D eigenvalue weighted by molar-refractivity contribution is 5.74. The summed E-state index contributed by atoms with van der Waals surface area (Å²) in [6.07, 6.45) is 2.75. The minimum atomic E-state index is -0.215. The van der Waals surface area contributed by atoms with Gasteiger partial charge in [-0.3, -0.25) is 4.79 Å². The van der Waals surface area contributed by atoms with Crippen LogP contribution in [0.3, 0.4) is 0 Å². The lowest BCUT2D eigenvalue weighted by atomic mass is 10.2. The zero-order chi connectivity index (χ0) is 12.8. The number of esters is 1. The molecule has 0 saturated heterocycles. The monoisotopic (exact) mass is 251 g/mol. The molecule has 0 amide bonds. The van der Waals surface area contributed by atoms with E-state index in [1.165, 1.54) is 12.1 Å². The first-order valence-corrected chi connectivity index (χ1v) is 6.37. The second-order valence-corrected chi connectivity index (χ2v) is 4.60. The van der Waals surface area contributed by atoms with Gasteiger partial charge in [0.25, 0.3) is 0 Å². The van der Waals surface area contributed by atoms with Crippen molar-refractivity contribution in [2.75, 3.05) is 13.2 Å². The number of rotatable bonds is 7. The highest BCUT2D eigenvalue weighted by atomic mass is 19.1. The first-order valence-electron chi connectivity index (χ1n) is 6.37. The molecule has 1 aromatic rings. The van der Waals surface area contributed by atoms with Crippen LogP contribution in [0.5, 0.6) is 0 Å². The van der Waals surface area contributed by atoms with Gasteiger partial charge in [0.2, 0.25) is 0 Å². The summed E-state index contributed by atoms with van der Waals surface area (Å²) in [5.41, 5.74) is 0.921. The molecular formula is C14H18FNO2. The Bertz CT molecular complexity index is 405. The molecule has 0 heterocycles. The Balaban J connectivity index is 1.52. The second kappa shape index (κ2) is 6.50.